The number of carboxylic acids is 1. The van der Waals surface area contributed by atoms with Gasteiger partial charge in [-0.05, 0) is 31.6 Å². The molecule has 1 aliphatic rings. The molecule has 1 aliphatic carbocycles. The Hall–Kier alpha value is -1.06. The van der Waals surface area contributed by atoms with Crippen LogP contribution >= 0.6 is 0 Å². The van der Waals surface area contributed by atoms with Gasteiger partial charge in [-0.1, -0.05) is 32.6 Å². The summed E-state index contributed by atoms with van der Waals surface area (Å²) < 4.78 is 0. The topological polar surface area (TPSA) is 66.4 Å². The fraction of sp³-hybridized carbons (Fsp3) is 0.867. The van der Waals surface area contributed by atoms with Gasteiger partial charge in [-0.15, -0.1) is 0 Å². The molecule has 1 unspecified atom stereocenters. The summed E-state index contributed by atoms with van der Waals surface area (Å²) >= 11 is 0. The van der Waals surface area contributed by atoms with Crippen LogP contribution < -0.4 is 5.32 Å². The van der Waals surface area contributed by atoms with E-state index >= 15 is 0 Å². The zero-order chi connectivity index (χ0) is 14.1. The van der Waals surface area contributed by atoms with Crippen LogP contribution in [0.1, 0.15) is 64.7 Å². The molecule has 0 heterocycles. The zero-order valence-corrected chi connectivity index (χ0v) is 12.0. The van der Waals surface area contributed by atoms with Gasteiger partial charge < -0.3 is 10.4 Å². The summed E-state index contributed by atoms with van der Waals surface area (Å²) in [6.07, 6.45) is 8.48. The van der Waals surface area contributed by atoms with Crippen molar-refractivity contribution in [1.82, 2.24) is 5.32 Å². The van der Waals surface area contributed by atoms with Crippen LogP contribution in [0.5, 0.6) is 0 Å². The number of hydrogen-bond acceptors (Lipinski definition) is 2. The lowest BCUT2D eigenvalue weighted by Gasteiger charge is -2.21. The lowest BCUT2D eigenvalue weighted by molar-refractivity contribution is -0.137. The number of aliphatic carboxylic acids is 1. The van der Waals surface area contributed by atoms with Crippen molar-refractivity contribution in [1.29, 1.82) is 0 Å². The third kappa shape index (κ3) is 6.60. The molecule has 1 atom stereocenters. The van der Waals surface area contributed by atoms with Crippen molar-refractivity contribution in [2.24, 2.45) is 11.8 Å². The van der Waals surface area contributed by atoms with E-state index in [2.05, 4.69) is 12.2 Å². The minimum Gasteiger partial charge on any atom is -0.481 e. The smallest absolute Gasteiger partial charge is 0.303 e. The largest absolute Gasteiger partial charge is 0.481 e. The molecule has 4 nitrogen and oxygen atoms in total. The molecule has 1 fully saturated rings. The molecule has 0 aromatic rings. The van der Waals surface area contributed by atoms with Crippen molar-refractivity contribution in [3.05, 3.63) is 0 Å². The Morgan fingerprint density at radius 2 is 1.89 bits per heavy atom. The van der Waals surface area contributed by atoms with Gasteiger partial charge >= 0.3 is 5.97 Å². The van der Waals surface area contributed by atoms with E-state index in [1.165, 1.54) is 19.3 Å². The molecule has 0 bridgehead atoms. The first-order chi connectivity index (χ1) is 9.13. The monoisotopic (exact) mass is 269 g/mol. The fourth-order valence-electron chi connectivity index (χ4n) is 2.79. The maximum absolute atomic E-state index is 11.9. The SMILES string of the molecule is CCC(CCNC(=O)C1CCCCC1)CCC(=O)O. The molecule has 0 saturated heterocycles. The van der Waals surface area contributed by atoms with E-state index < -0.39 is 5.97 Å². The van der Waals surface area contributed by atoms with Crippen LogP contribution in [0.15, 0.2) is 0 Å². The van der Waals surface area contributed by atoms with E-state index in [-0.39, 0.29) is 18.2 Å². The number of carbonyl (C=O) groups is 2. The Balaban J connectivity index is 2.16. The fourth-order valence-corrected chi connectivity index (χ4v) is 2.79. The maximum atomic E-state index is 11.9. The Labute approximate surface area is 116 Å². The highest BCUT2D eigenvalue weighted by Crippen LogP contribution is 2.23. The number of nitrogens with one attached hydrogen (secondary N) is 1. The zero-order valence-electron chi connectivity index (χ0n) is 12.0. The van der Waals surface area contributed by atoms with Gasteiger partial charge in [0, 0.05) is 18.9 Å². The van der Waals surface area contributed by atoms with Crippen LogP contribution in [0.3, 0.4) is 0 Å². The Morgan fingerprint density at radius 1 is 1.21 bits per heavy atom. The predicted octanol–water partition coefficient (Wildman–Crippen LogP) is 2.96. The van der Waals surface area contributed by atoms with Crippen molar-refractivity contribution in [2.45, 2.75) is 64.7 Å². The molecule has 1 saturated carbocycles. The van der Waals surface area contributed by atoms with Crippen LogP contribution in [0.25, 0.3) is 0 Å². The molecular formula is C15H27NO3. The first-order valence-corrected chi connectivity index (χ1v) is 7.63. The average molecular weight is 269 g/mol. The maximum Gasteiger partial charge on any atom is 0.303 e. The first-order valence-electron chi connectivity index (χ1n) is 7.63. The van der Waals surface area contributed by atoms with Crippen molar-refractivity contribution < 1.29 is 14.7 Å². The van der Waals surface area contributed by atoms with Gasteiger partial charge in [0.05, 0.1) is 0 Å². The molecule has 0 aliphatic heterocycles. The van der Waals surface area contributed by atoms with Crippen molar-refractivity contribution in [2.75, 3.05) is 6.54 Å². The second kappa shape index (κ2) is 8.94. The summed E-state index contributed by atoms with van der Waals surface area (Å²) in [7, 11) is 0. The third-order valence-electron chi connectivity index (χ3n) is 4.17. The van der Waals surface area contributed by atoms with Gasteiger partial charge in [0.15, 0.2) is 0 Å². The second-order valence-electron chi connectivity index (χ2n) is 5.62. The van der Waals surface area contributed by atoms with E-state index in [1.54, 1.807) is 0 Å². The summed E-state index contributed by atoms with van der Waals surface area (Å²) in [6.45, 7) is 2.77. The van der Waals surface area contributed by atoms with Crippen LogP contribution in [0.2, 0.25) is 0 Å². The van der Waals surface area contributed by atoms with E-state index in [0.717, 1.165) is 25.7 Å². The van der Waals surface area contributed by atoms with Gasteiger partial charge in [0.1, 0.15) is 0 Å². The average Bonchev–Trinajstić information content (AvgIpc) is 2.43. The van der Waals surface area contributed by atoms with Crippen LogP contribution in [0, 0.1) is 11.8 Å². The van der Waals surface area contributed by atoms with E-state index in [4.69, 9.17) is 5.11 Å². The van der Waals surface area contributed by atoms with Gasteiger partial charge in [-0.25, -0.2) is 0 Å². The van der Waals surface area contributed by atoms with Crippen molar-refractivity contribution in [3.8, 4) is 0 Å². The second-order valence-corrected chi connectivity index (χ2v) is 5.62. The van der Waals surface area contributed by atoms with Crippen LogP contribution in [0.4, 0.5) is 0 Å². The molecule has 110 valence electrons. The summed E-state index contributed by atoms with van der Waals surface area (Å²) in [5.74, 6) is 0.0908. The molecular weight excluding hydrogens is 242 g/mol. The van der Waals surface area contributed by atoms with Crippen LogP contribution in [-0.2, 0) is 9.59 Å². The van der Waals surface area contributed by atoms with Gasteiger partial charge in [0.25, 0.3) is 0 Å². The highest BCUT2D eigenvalue weighted by molar-refractivity contribution is 5.78. The normalized spacial score (nSPS) is 17.9. The predicted molar refractivity (Wildman–Crippen MR) is 74.9 cm³/mol. The van der Waals surface area contributed by atoms with E-state index in [0.29, 0.717) is 18.9 Å². The molecule has 2 N–H and O–H groups in total. The lowest BCUT2D eigenvalue weighted by atomic mass is 9.88. The number of carboxylic acid groups (broad SMARTS) is 1. The number of rotatable bonds is 8. The Bertz CT molecular complexity index is 285. The van der Waals surface area contributed by atoms with Gasteiger partial charge in [0.2, 0.25) is 5.91 Å². The highest BCUT2D eigenvalue weighted by Gasteiger charge is 2.20. The summed E-state index contributed by atoms with van der Waals surface area (Å²) in [6, 6.07) is 0. The molecule has 0 radical (unpaired) electrons. The summed E-state index contributed by atoms with van der Waals surface area (Å²) in [4.78, 5) is 22.5. The Morgan fingerprint density at radius 3 is 2.47 bits per heavy atom. The number of amides is 1. The minimum atomic E-state index is -0.732. The standard InChI is InChI=1S/C15H27NO3/c1-2-12(8-9-14(17)18)10-11-16-15(19)13-6-4-3-5-7-13/h12-13H,2-11H2,1H3,(H,16,19)(H,17,18). The molecule has 1 rings (SSSR count). The number of hydrogen-bond donors (Lipinski definition) is 2. The highest BCUT2D eigenvalue weighted by atomic mass is 16.4. The molecule has 0 spiro atoms. The quantitative estimate of drug-likeness (QED) is 0.712. The molecule has 4 heteroatoms. The van der Waals surface area contributed by atoms with Gasteiger partial charge in [-0.2, -0.15) is 0 Å². The number of carbonyl (C=O) groups excluding carboxylic acids is 1. The molecule has 19 heavy (non-hydrogen) atoms. The molecule has 1 amide bonds. The van der Waals surface area contributed by atoms with Crippen molar-refractivity contribution >= 4 is 11.9 Å². The van der Waals surface area contributed by atoms with Crippen molar-refractivity contribution in [3.63, 3.8) is 0 Å². The minimum absolute atomic E-state index is 0.202. The van der Waals surface area contributed by atoms with E-state index in [1.807, 2.05) is 0 Å². The molecule has 0 aromatic carbocycles. The first kappa shape index (κ1) is 16.0. The van der Waals surface area contributed by atoms with Crippen LogP contribution in [-0.4, -0.2) is 23.5 Å². The summed E-state index contributed by atoms with van der Waals surface area (Å²) in [5.41, 5.74) is 0. The molecule has 0 aromatic heterocycles. The van der Waals surface area contributed by atoms with E-state index in [9.17, 15) is 9.59 Å². The lowest BCUT2D eigenvalue weighted by Crippen LogP contribution is -2.33. The Kier molecular flexibility index (Phi) is 7.53. The third-order valence-corrected chi connectivity index (χ3v) is 4.17. The summed E-state index contributed by atoms with van der Waals surface area (Å²) in [5, 5.41) is 11.7. The van der Waals surface area contributed by atoms with Gasteiger partial charge in [-0.3, -0.25) is 9.59 Å².